The van der Waals surface area contributed by atoms with E-state index in [9.17, 15) is 8.78 Å². The summed E-state index contributed by atoms with van der Waals surface area (Å²) in [6.45, 7) is 1.86. The van der Waals surface area contributed by atoms with Gasteiger partial charge >= 0.3 is 6.61 Å². The predicted molar refractivity (Wildman–Crippen MR) is 149 cm³/mol. The van der Waals surface area contributed by atoms with E-state index in [0.29, 0.717) is 6.42 Å². The zero-order chi connectivity index (χ0) is 28.2. The number of hydrogen-bond donors (Lipinski definition) is 3. The van der Waals surface area contributed by atoms with Crippen molar-refractivity contribution in [2.75, 3.05) is 13.1 Å². The molecule has 10 heteroatoms. The van der Waals surface area contributed by atoms with Crippen LogP contribution in [0.25, 0.3) is 11.3 Å². The zero-order valence-electron chi connectivity index (χ0n) is 22.0. The molecule has 1 fully saturated rings. The molecule has 0 bridgehead atoms. The summed E-state index contributed by atoms with van der Waals surface area (Å²) in [5, 5.41) is 0. The summed E-state index contributed by atoms with van der Waals surface area (Å²) in [6, 6.07) is 13.4. The largest absolute Gasteiger partial charge is 0.435 e. The van der Waals surface area contributed by atoms with Crippen molar-refractivity contribution in [3.63, 3.8) is 0 Å². The van der Waals surface area contributed by atoms with Crippen LogP contribution in [0.5, 0.6) is 5.75 Å². The zero-order valence-corrected chi connectivity index (χ0v) is 22.0. The fourth-order valence-electron chi connectivity index (χ4n) is 4.62. The van der Waals surface area contributed by atoms with Crippen molar-refractivity contribution in [1.29, 1.82) is 0 Å². The molecule has 8 nitrogen and oxygen atoms in total. The molecule has 208 valence electrons. The average Bonchev–Trinajstić information content (AvgIpc) is 3.33. The number of carbonyl (C=O) groups is 1. The summed E-state index contributed by atoms with van der Waals surface area (Å²) in [4.78, 5) is 15.4. The number of ether oxygens (including phenoxy) is 1. The maximum Gasteiger partial charge on any atom is 0.387 e. The summed E-state index contributed by atoms with van der Waals surface area (Å²) >= 11 is 0. The van der Waals surface area contributed by atoms with Crippen LogP contribution in [0.2, 0.25) is 0 Å². The molecule has 1 atom stereocenters. The van der Waals surface area contributed by atoms with Crippen LogP contribution in [0.1, 0.15) is 35.2 Å². The van der Waals surface area contributed by atoms with Gasteiger partial charge in [-0.15, -0.1) is 0 Å². The molecule has 2 heterocycles. The lowest BCUT2D eigenvalue weighted by atomic mass is 10.00. The summed E-state index contributed by atoms with van der Waals surface area (Å²) < 4.78 is 32.0. The minimum atomic E-state index is -2.87. The van der Waals surface area contributed by atoms with E-state index in [1.165, 1.54) is 17.8 Å². The fourth-order valence-corrected chi connectivity index (χ4v) is 4.62. The first kappa shape index (κ1) is 29.5. The van der Waals surface area contributed by atoms with Crippen LogP contribution in [0.4, 0.5) is 8.78 Å². The average molecular weight is 539 g/mol. The van der Waals surface area contributed by atoms with Gasteiger partial charge in [-0.05, 0) is 91.5 Å². The van der Waals surface area contributed by atoms with Gasteiger partial charge < -0.3 is 26.5 Å². The second kappa shape index (κ2) is 14.8. The van der Waals surface area contributed by atoms with E-state index in [1.807, 2.05) is 36.2 Å². The molecule has 1 aromatic heterocycles. The molecule has 39 heavy (non-hydrogen) atoms. The van der Waals surface area contributed by atoms with Crippen LogP contribution in [0, 0.1) is 6.92 Å². The monoisotopic (exact) mass is 538 g/mol. The molecule has 1 unspecified atom stereocenters. The number of aryl methyl sites for hydroxylation is 1. The van der Waals surface area contributed by atoms with Crippen LogP contribution in [-0.2, 0) is 17.8 Å². The van der Waals surface area contributed by atoms with Crippen molar-refractivity contribution in [2.24, 2.45) is 17.2 Å². The Balaban J connectivity index is 0.00000134. The normalized spacial score (nSPS) is 16.2. The lowest BCUT2D eigenvalue weighted by Crippen LogP contribution is -2.42. The Labute approximate surface area is 227 Å². The van der Waals surface area contributed by atoms with Gasteiger partial charge in [0.1, 0.15) is 5.75 Å². The molecule has 0 spiro atoms. The highest BCUT2D eigenvalue weighted by Crippen LogP contribution is 2.25. The van der Waals surface area contributed by atoms with Gasteiger partial charge in [0.05, 0.1) is 12.0 Å². The second-order valence-corrected chi connectivity index (χ2v) is 9.33. The third-order valence-corrected chi connectivity index (χ3v) is 6.22. The number of nitrogens with zero attached hydrogens (tertiary/aromatic N) is 3. The number of amides is 1. The molecular weight excluding hydrogens is 502 g/mol. The van der Waals surface area contributed by atoms with E-state index in [4.69, 9.17) is 16.3 Å². The summed E-state index contributed by atoms with van der Waals surface area (Å²) in [7, 11) is 0. The number of likely N-dealkylation sites (tertiary alicyclic amines) is 1. The topological polar surface area (TPSA) is 125 Å². The number of nitrogens with two attached hydrogens (primary N) is 3. The third-order valence-electron chi connectivity index (χ3n) is 6.22. The van der Waals surface area contributed by atoms with Crippen molar-refractivity contribution in [2.45, 2.75) is 45.4 Å². The van der Waals surface area contributed by atoms with Gasteiger partial charge in [0.15, 0.2) is 0 Å². The molecule has 1 saturated heterocycles. The molecule has 0 radical (unpaired) electrons. The number of imidazole rings is 1. The molecule has 2 aromatic carbocycles. The van der Waals surface area contributed by atoms with Crippen molar-refractivity contribution >= 4 is 12.0 Å². The Morgan fingerprint density at radius 3 is 2.64 bits per heavy atom. The van der Waals surface area contributed by atoms with Crippen LogP contribution >= 0.6 is 0 Å². The van der Waals surface area contributed by atoms with Gasteiger partial charge in [-0.2, -0.15) is 8.78 Å². The minimum absolute atomic E-state index is 0.110. The summed E-state index contributed by atoms with van der Waals surface area (Å²) in [5.74, 6) is 0.110. The molecule has 0 saturated carbocycles. The number of alkyl halides is 2. The van der Waals surface area contributed by atoms with Crippen molar-refractivity contribution in [3.8, 4) is 11.4 Å². The van der Waals surface area contributed by atoms with Gasteiger partial charge in [0.25, 0.3) is 0 Å². The molecule has 1 amide bonds. The first-order chi connectivity index (χ1) is 18.8. The van der Waals surface area contributed by atoms with Gasteiger partial charge in [-0.25, -0.2) is 4.98 Å². The Hall–Kier alpha value is -4.02. The van der Waals surface area contributed by atoms with E-state index in [-0.39, 0.29) is 18.2 Å². The van der Waals surface area contributed by atoms with Crippen molar-refractivity contribution in [3.05, 3.63) is 95.7 Å². The number of rotatable bonds is 9. The first-order valence-electron chi connectivity index (χ1n) is 12.7. The molecular formula is C29H36F2N6O2. The molecule has 6 N–H and O–H groups in total. The highest BCUT2D eigenvalue weighted by Gasteiger charge is 2.17. The van der Waals surface area contributed by atoms with Crippen molar-refractivity contribution < 1.29 is 18.3 Å². The summed E-state index contributed by atoms with van der Waals surface area (Å²) in [6.07, 6.45) is 12.1. The number of benzene rings is 2. The third kappa shape index (κ3) is 9.35. The van der Waals surface area contributed by atoms with Crippen LogP contribution in [0.3, 0.4) is 0 Å². The lowest BCUT2D eigenvalue weighted by Gasteiger charge is -2.30. The smallest absolute Gasteiger partial charge is 0.387 e. The van der Waals surface area contributed by atoms with Gasteiger partial charge in [-0.3, -0.25) is 9.69 Å². The van der Waals surface area contributed by atoms with E-state index >= 15 is 0 Å². The molecule has 1 aliphatic rings. The van der Waals surface area contributed by atoms with Crippen LogP contribution < -0.4 is 21.9 Å². The van der Waals surface area contributed by atoms with Crippen LogP contribution in [0.15, 0.2) is 73.3 Å². The first-order valence-corrected chi connectivity index (χ1v) is 12.7. The molecule has 1 aliphatic heterocycles. The van der Waals surface area contributed by atoms with Gasteiger partial charge in [0.2, 0.25) is 6.41 Å². The predicted octanol–water partition coefficient (Wildman–Crippen LogP) is 3.91. The Kier molecular flexibility index (Phi) is 11.2. The van der Waals surface area contributed by atoms with Gasteiger partial charge in [-0.1, -0.05) is 24.3 Å². The number of hydrogen-bond acceptors (Lipinski definition) is 6. The SMILES string of the molecule is Cc1cn(-c2cc(C/C=C(\C=C/N)c3cccc(OC(F)F)c3)cc(CN3CCCC(N)C3)c2)cn1.NC=O. The number of allylic oxidation sites excluding steroid dienone is 3. The summed E-state index contributed by atoms with van der Waals surface area (Å²) in [5.41, 5.74) is 22.0. The maximum atomic E-state index is 12.7. The standard InChI is InChI=1S/C28H33F2N5O.CH3NO/c1-20-16-35(19-33-20)26-13-21(12-22(14-26)17-34-11-3-5-25(32)18-34)7-8-23(9-10-31)24-4-2-6-27(15-24)36-28(29)30;2-1-3/h2,4,6,8-10,12-16,19,25,28H,3,5,7,11,17-18,31-32H2,1H3;1H,(H2,2,3)/b10-9-,23-8+;. The number of primary amides is 1. The van der Waals surface area contributed by atoms with E-state index in [0.717, 1.165) is 60.6 Å². The van der Waals surface area contributed by atoms with Crippen molar-refractivity contribution in [1.82, 2.24) is 14.5 Å². The fraction of sp³-hybridized carbons (Fsp3) is 0.310. The highest BCUT2D eigenvalue weighted by molar-refractivity contribution is 5.74. The van der Waals surface area contributed by atoms with Gasteiger partial charge in [0, 0.05) is 31.0 Å². The lowest BCUT2D eigenvalue weighted by molar-refractivity contribution is -0.106. The highest BCUT2D eigenvalue weighted by atomic mass is 19.3. The second-order valence-electron chi connectivity index (χ2n) is 9.33. The number of halogens is 2. The Morgan fingerprint density at radius 2 is 1.97 bits per heavy atom. The van der Waals surface area contributed by atoms with E-state index in [1.54, 1.807) is 18.2 Å². The minimum Gasteiger partial charge on any atom is -0.435 e. The molecule has 4 rings (SSSR count). The maximum absolute atomic E-state index is 12.7. The number of aromatic nitrogens is 2. The number of piperidine rings is 1. The Morgan fingerprint density at radius 1 is 1.21 bits per heavy atom. The van der Waals surface area contributed by atoms with E-state index in [2.05, 4.69) is 38.6 Å². The Bertz CT molecular complexity index is 1270. The van der Waals surface area contributed by atoms with E-state index < -0.39 is 6.61 Å². The molecule has 0 aliphatic carbocycles. The van der Waals surface area contributed by atoms with Crippen LogP contribution in [-0.4, -0.2) is 46.6 Å². The quantitative estimate of drug-likeness (QED) is 0.280. The number of carbonyl (C=O) groups excluding carboxylic acids is 1. The molecule has 3 aromatic rings.